The van der Waals surface area contributed by atoms with Crippen LogP contribution in [-0.2, 0) is 6.54 Å². The predicted octanol–water partition coefficient (Wildman–Crippen LogP) is 0.853. The number of aryl methyl sites for hydroxylation is 1. The lowest BCUT2D eigenvalue weighted by Crippen LogP contribution is -2.29. The number of aromatic nitrogens is 2. The van der Waals surface area contributed by atoms with Gasteiger partial charge in [0.2, 0.25) is 0 Å². The van der Waals surface area contributed by atoms with Gasteiger partial charge in [0.05, 0.1) is 24.0 Å². The summed E-state index contributed by atoms with van der Waals surface area (Å²) in [6.45, 7) is 2.36. The zero-order chi connectivity index (χ0) is 11.8. The molecule has 2 N–H and O–H groups in total. The lowest BCUT2D eigenvalue weighted by atomic mass is 10.3. The second-order valence-electron chi connectivity index (χ2n) is 4.06. The summed E-state index contributed by atoms with van der Waals surface area (Å²) < 4.78 is 1.30. The van der Waals surface area contributed by atoms with Crippen LogP contribution in [0.1, 0.15) is 19.8 Å². The maximum absolute atomic E-state index is 11.7. The van der Waals surface area contributed by atoms with Crippen LogP contribution < -0.4 is 10.9 Å². The molecule has 1 fully saturated rings. The fourth-order valence-electron chi connectivity index (χ4n) is 1.54. The summed E-state index contributed by atoms with van der Waals surface area (Å²) >= 11 is 5.95. The van der Waals surface area contributed by atoms with Crippen molar-refractivity contribution in [2.75, 3.05) is 11.9 Å². The summed E-state index contributed by atoms with van der Waals surface area (Å²) in [7, 11) is 0. The minimum Gasteiger partial charge on any atom is -0.394 e. The first-order valence-corrected chi connectivity index (χ1v) is 5.64. The van der Waals surface area contributed by atoms with Crippen LogP contribution in [0.2, 0.25) is 5.02 Å². The van der Waals surface area contributed by atoms with Crippen molar-refractivity contribution in [3.63, 3.8) is 0 Å². The first kappa shape index (κ1) is 11.4. The van der Waals surface area contributed by atoms with Crippen LogP contribution in [0.4, 0.5) is 5.69 Å². The van der Waals surface area contributed by atoms with E-state index in [0.717, 1.165) is 12.8 Å². The summed E-state index contributed by atoms with van der Waals surface area (Å²) in [5.74, 6) is 0. The molecule has 16 heavy (non-hydrogen) atoms. The highest BCUT2D eigenvalue weighted by Gasteiger charge is 2.42. The van der Waals surface area contributed by atoms with E-state index in [1.54, 1.807) is 0 Å². The van der Waals surface area contributed by atoms with Crippen molar-refractivity contribution in [1.82, 2.24) is 9.78 Å². The van der Waals surface area contributed by atoms with Gasteiger partial charge < -0.3 is 10.4 Å². The molecule has 1 aliphatic carbocycles. The summed E-state index contributed by atoms with van der Waals surface area (Å²) in [5.41, 5.74) is -0.0956. The Morgan fingerprint density at radius 1 is 1.69 bits per heavy atom. The maximum atomic E-state index is 11.7. The number of hydrogen-bond donors (Lipinski definition) is 2. The molecule has 1 aliphatic rings. The van der Waals surface area contributed by atoms with E-state index in [1.165, 1.54) is 10.9 Å². The predicted molar refractivity (Wildman–Crippen MR) is 61.9 cm³/mol. The van der Waals surface area contributed by atoms with Crippen molar-refractivity contribution in [3.05, 3.63) is 21.6 Å². The van der Waals surface area contributed by atoms with Crippen molar-refractivity contribution in [1.29, 1.82) is 0 Å². The van der Waals surface area contributed by atoms with Crippen LogP contribution in [0.3, 0.4) is 0 Å². The molecule has 88 valence electrons. The highest BCUT2D eigenvalue weighted by molar-refractivity contribution is 6.32. The van der Waals surface area contributed by atoms with Crippen LogP contribution in [0, 0.1) is 0 Å². The molecular formula is C10H14ClN3O2. The Bertz CT molecular complexity index is 454. The molecule has 1 saturated carbocycles. The van der Waals surface area contributed by atoms with Crippen LogP contribution >= 0.6 is 11.6 Å². The zero-order valence-corrected chi connectivity index (χ0v) is 9.79. The first-order chi connectivity index (χ1) is 7.62. The molecule has 6 heteroatoms. The maximum Gasteiger partial charge on any atom is 0.287 e. The van der Waals surface area contributed by atoms with E-state index < -0.39 is 0 Å². The van der Waals surface area contributed by atoms with Gasteiger partial charge in [0.25, 0.3) is 5.56 Å². The topological polar surface area (TPSA) is 67.2 Å². The van der Waals surface area contributed by atoms with Crippen LogP contribution in [-0.4, -0.2) is 27.0 Å². The SMILES string of the molecule is CCn1ncc(NC2(CO)CC2)c(Cl)c1=O. The molecule has 0 atom stereocenters. The lowest BCUT2D eigenvalue weighted by Gasteiger charge is -2.16. The molecule has 2 rings (SSSR count). The number of rotatable bonds is 4. The molecule has 1 heterocycles. The van der Waals surface area contributed by atoms with Crippen molar-refractivity contribution in [3.8, 4) is 0 Å². The Hall–Kier alpha value is -1.07. The van der Waals surface area contributed by atoms with Crippen LogP contribution in [0.25, 0.3) is 0 Å². The van der Waals surface area contributed by atoms with Gasteiger partial charge in [-0.2, -0.15) is 5.10 Å². The average Bonchev–Trinajstić information content (AvgIpc) is 3.06. The smallest absolute Gasteiger partial charge is 0.287 e. The normalized spacial score (nSPS) is 17.2. The Kier molecular flexibility index (Phi) is 2.90. The largest absolute Gasteiger partial charge is 0.394 e. The second kappa shape index (κ2) is 4.07. The molecular weight excluding hydrogens is 230 g/mol. The van der Waals surface area contributed by atoms with E-state index in [-0.39, 0.29) is 22.7 Å². The molecule has 0 spiro atoms. The van der Waals surface area contributed by atoms with Crippen molar-refractivity contribution in [2.45, 2.75) is 31.8 Å². The van der Waals surface area contributed by atoms with Crippen molar-refractivity contribution < 1.29 is 5.11 Å². The van der Waals surface area contributed by atoms with Crippen molar-refractivity contribution >= 4 is 17.3 Å². The summed E-state index contributed by atoms with van der Waals surface area (Å²) in [6, 6.07) is 0. The van der Waals surface area contributed by atoms with E-state index in [0.29, 0.717) is 12.2 Å². The Balaban J connectivity index is 2.29. The summed E-state index contributed by atoms with van der Waals surface area (Å²) in [5, 5.41) is 16.4. The van der Waals surface area contributed by atoms with E-state index >= 15 is 0 Å². The average molecular weight is 244 g/mol. The summed E-state index contributed by atoms with van der Waals surface area (Å²) in [6.07, 6.45) is 3.30. The highest BCUT2D eigenvalue weighted by Crippen LogP contribution is 2.39. The Labute approximate surface area is 98.0 Å². The Morgan fingerprint density at radius 3 is 2.88 bits per heavy atom. The van der Waals surface area contributed by atoms with Gasteiger partial charge in [-0.15, -0.1) is 0 Å². The van der Waals surface area contributed by atoms with Gasteiger partial charge in [-0.05, 0) is 19.8 Å². The fourth-order valence-corrected chi connectivity index (χ4v) is 1.73. The van der Waals surface area contributed by atoms with Gasteiger partial charge in [-0.1, -0.05) is 11.6 Å². The molecule has 0 radical (unpaired) electrons. The highest BCUT2D eigenvalue weighted by atomic mass is 35.5. The molecule has 0 saturated heterocycles. The standard InChI is InChI=1S/C10H14ClN3O2/c1-2-14-9(16)8(11)7(5-12-14)13-10(6-15)3-4-10/h5,13,15H,2-4,6H2,1H3. The minimum absolute atomic E-state index is 0.0419. The molecule has 0 aromatic carbocycles. The van der Waals surface area contributed by atoms with E-state index in [4.69, 9.17) is 16.7 Å². The molecule has 0 bridgehead atoms. The van der Waals surface area contributed by atoms with Crippen molar-refractivity contribution in [2.24, 2.45) is 0 Å². The zero-order valence-electron chi connectivity index (χ0n) is 9.03. The minimum atomic E-state index is -0.303. The van der Waals surface area contributed by atoms with Crippen LogP contribution in [0.15, 0.2) is 11.0 Å². The van der Waals surface area contributed by atoms with E-state index in [2.05, 4.69) is 10.4 Å². The molecule has 0 unspecified atom stereocenters. The quantitative estimate of drug-likeness (QED) is 0.823. The van der Waals surface area contributed by atoms with Gasteiger partial charge in [0.15, 0.2) is 0 Å². The van der Waals surface area contributed by atoms with Gasteiger partial charge in [0.1, 0.15) is 5.02 Å². The molecule has 1 aromatic heterocycles. The number of aliphatic hydroxyl groups is 1. The van der Waals surface area contributed by atoms with Gasteiger partial charge in [-0.3, -0.25) is 4.79 Å². The summed E-state index contributed by atoms with van der Waals surface area (Å²) in [4.78, 5) is 11.7. The molecule has 1 aromatic rings. The number of aliphatic hydroxyl groups excluding tert-OH is 1. The lowest BCUT2D eigenvalue weighted by molar-refractivity contribution is 0.266. The molecule has 5 nitrogen and oxygen atoms in total. The number of nitrogens with zero attached hydrogens (tertiary/aromatic N) is 2. The Morgan fingerprint density at radius 2 is 2.38 bits per heavy atom. The third-order valence-corrected chi connectivity index (χ3v) is 3.21. The molecule has 0 aliphatic heterocycles. The fraction of sp³-hybridized carbons (Fsp3) is 0.600. The van der Waals surface area contributed by atoms with Gasteiger partial charge in [-0.25, -0.2) is 4.68 Å². The van der Waals surface area contributed by atoms with Gasteiger partial charge >= 0.3 is 0 Å². The van der Waals surface area contributed by atoms with Crippen LogP contribution in [0.5, 0.6) is 0 Å². The third-order valence-electron chi connectivity index (χ3n) is 2.84. The monoisotopic (exact) mass is 243 g/mol. The molecule has 0 amide bonds. The number of nitrogens with one attached hydrogen (secondary N) is 1. The van der Waals surface area contributed by atoms with E-state index in [1.807, 2.05) is 6.92 Å². The van der Waals surface area contributed by atoms with Gasteiger partial charge in [0, 0.05) is 6.54 Å². The number of anilines is 1. The number of hydrogen-bond acceptors (Lipinski definition) is 4. The second-order valence-corrected chi connectivity index (χ2v) is 4.43. The van der Waals surface area contributed by atoms with E-state index in [9.17, 15) is 4.79 Å². The first-order valence-electron chi connectivity index (χ1n) is 5.26. The third kappa shape index (κ3) is 1.92. The number of halogens is 1.